The van der Waals surface area contributed by atoms with Crippen LogP contribution in [0.25, 0.3) is 11.1 Å². The van der Waals surface area contributed by atoms with E-state index in [2.05, 4.69) is 29.3 Å². The average Bonchev–Trinajstić information content (AvgIpc) is 3.11. The van der Waals surface area contributed by atoms with Gasteiger partial charge in [-0.25, -0.2) is 4.79 Å². The van der Waals surface area contributed by atoms with Crippen LogP contribution in [0.1, 0.15) is 29.0 Å². The number of ether oxygens (including phenoxy) is 1. The van der Waals surface area contributed by atoms with Gasteiger partial charge in [-0.15, -0.1) is 0 Å². The smallest absolute Gasteiger partial charge is 0.407 e. The van der Waals surface area contributed by atoms with Gasteiger partial charge in [0.15, 0.2) is 11.8 Å². The van der Waals surface area contributed by atoms with Crippen LogP contribution in [-0.4, -0.2) is 24.2 Å². The summed E-state index contributed by atoms with van der Waals surface area (Å²) in [6.45, 7) is 0.424. The fourth-order valence-corrected chi connectivity index (χ4v) is 3.76. The van der Waals surface area contributed by atoms with Crippen LogP contribution in [0.3, 0.4) is 0 Å². The molecule has 0 saturated heterocycles. The molecule has 0 saturated carbocycles. The molecule has 32 heavy (non-hydrogen) atoms. The summed E-state index contributed by atoms with van der Waals surface area (Å²) in [7, 11) is 0. The number of hydrogen-bond donors (Lipinski definition) is 1. The lowest BCUT2D eigenvalue weighted by molar-refractivity contribution is -0.606. The van der Waals surface area contributed by atoms with Crippen LogP contribution in [-0.2, 0) is 4.74 Å². The van der Waals surface area contributed by atoms with Gasteiger partial charge in [0.05, 0.1) is 11.0 Å². The highest BCUT2D eigenvalue weighted by molar-refractivity contribution is 5.79. The third kappa shape index (κ3) is 4.37. The van der Waals surface area contributed by atoms with Crippen molar-refractivity contribution >= 4 is 11.8 Å². The molecule has 1 aromatic heterocycles. The molecule has 1 aliphatic carbocycles. The Morgan fingerprint density at radius 3 is 2.41 bits per heavy atom. The van der Waals surface area contributed by atoms with Gasteiger partial charge in [-0.05, 0) is 22.3 Å². The number of nitro groups is 1. The molecule has 0 radical (unpaired) electrons. The molecule has 0 unspecified atom stereocenters. The van der Waals surface area contributed by atoms with E-state index in [0.29, 0.717) is 4.73 Å². The quantitative estimate of drug-likeness (QED) is 0.167. The molecule has 0 aliphatic heterocycles. The summed E-state index contributed by atoms with van der Waals surface area (Å²) in [5.41, 5.74) is 4.35. The van der Waals surface area contributed by atoms with Gasteiger partial charge in [0, 0.05) is 18.9 Å². The van der Waals surface area contributed by atoms with E-state index in [0.717, 1.165) is 40.7 Å². The van der Waals surface area contributed by atoms with Gasteiger partial charge in [0.1, 0.15) is 6.61 Å². The number of alkyl carbamates (subject to hydrolysis) is 1. The Morgan fingerprint density at radius 2 is 1.75 bits per heavy atom. The van der Waals surface area contributed by atoms with Crippen LogP contribution >= 0.6 is 0 Å². The van der Waals surface area contributed by atoms with Crippen molar-refractivity contribution in [2.24, 2.45) is 0 Å². The lowest BCUT2D eigenvalue weighted by Crippen LogP contribution is -2.26. The number of carbonyl (C=O) groups excluding carboxylic acids is 1. The molecule has 0 bridgehead atoms. The topological polar surface area (TPSA) is 108 Å². The van der Waals surface area contributed by atoms with E-state index in [4.69, 9.17) is 4.74 Å². The fraction of sp³-hybridized carbons (Fsp3) is 0.167. The van der Waals surface area contributed by atoms with Crippen molar-refractivity contribution in [3.05, 3.63) is 99.0 Å². The minimum atomic E-state index is -0.598. The van der Waals surface area contributed by atoms with E-state index in [-0.39, 0.29) is 36.7 Å². The summed E-state index contributed by atoms with van der Waals surface area (Å²) < 4.78 is 5.89. The Bertz CT molecular complexity index is 1200. The van der Waals surface area contributed by atoms with Crippen molar-refractivity contribution in [1.29, 1.82) is 0 Å². The van der Waals surface area contributed by atoms with Gasteiger partial charge in [0.25, 0.3) is 5.69 Å². The molecule has 4 rings (SSSR count). The number of rotatable bonds is 5. The highest BCUT2D eigenvalue weighted by Crippen LogP contribution is 2.44. The van der Waals surface area contributed by atoms with Gasteiger partial charge in [0.2, 0.25) is 6.20 Å². The van der Waals surface area contributed by atoms with Gasteiger partial charge >= 0.3 is 6.09 Å². The van der Waals surface area contributed by atoms with Crippen molar-refractivity contribution < 1.29 is 19.2 Å². The SMILES string of the molecule is O=C(NCCC#Cc1c[n+]([O-])ccc1[N+](=O)[O-])OCC1c2ccccc2-c2ccccc21. The molecule has 0 atom stereocenters. The third-order valence-electron chi connectivity index (χ3n) is 5.19. The molecular formula is C24H19N3O5. The number of carbonyl (C=O) groups is 1. The molecule has 1 heterocycles. The molecule has 8 nitrogen and oxygen atoms in total. The number of benzene rings is 2. The van der Waals surface area contributed by atoms with Crippen LogP contribution in [0.15, 0.2) is 67.0 Å². The number of hydrogen-bond acceptors (Lipinski definition) is 5. The summed E-state index contributed by atoms with van der Waals surface area (Å²) in [6.07, 6.45) is 1.78. The Labute approximate surface area is 184 Å². The van der Waals surface area contributed by atoms with Crippen molar-refractivity contribution in [2.75, 3.05) is 13.2 Å². The van der Waals surface area contributed by atoms with Crippen LogP contribution in [0.2, 0.25) is 0 Å². The lowest BCUT2D eigenvalue weighted by atomic mass is 9.98. The zero-order chi connectivity index (χ0) is 22.5. The van der Waals surface area contributed by atoms with Gasteiger partial charge in [-0.1, -0.05) is 60.4 Å². The molecule has 1 aliphatic rings. The standard InChI is InChI=1S/C24H19N3O5/c28-24(25-13-6-5-7-17-15-26(29)14-12-23(17)27(30)31)32-16-22-20-10-3-1-8-18(20)19-9-2-4-11-21(19)22/h1-4,8-12,14-15,22H,6,13,16H2,(H,25,28). The minimum Gasteiger partial charge on any atom is -0.619 e. The summed E-state index contributed by atoms with van der Waals surface area (Å²) in [5, 5.41) is 25.0. The number of nitrogens with zero attached hydrogens (tertiary/aromatic N) is 2. The second kappa shape index (κ2) is 9.18. The first kappa shape index (κ1) is 20.9. The summed E-state index contributed by atoms with van der Waals surface area (Å²) in [6, 6.07) is 17.3. The molecule has 3 aromatic rings. The summed E-state index contributed by atoms with van der Waals surface area (Å²) in [5.74, 6) is 5.31. The first-order valence-electron chi connectivity index (χ1n) is 9.99. The monoisotopic (exact) mass is 429 g/mol. The number of amides is 1. The average molecular weight is 429 g/mol. The first-order chi connectivity index (χ1) is 15.5. The van der Waals surface area contributed by atoms with Gasteiger partial charge in [-0.2, -0.15) is 4.73 Å². The zero-order valence-corrected chi connectivity index (χ0v) is 17.0. The number of nitrogens with one attached hydrogen (secondary N) is 1. The number of fused-ring (bicyclic) bond motifs is 3. The van der Waals surface area contributed by atoms with Crippen LogP contribution in [0.5, 0.6) is 0 Å². The van der Waals surface area contributed by atoms with Crippen molar-refractivity contribution in [1.82, 2.24) is 5.32 Å². The molecule has 8 heteroatoms. The number of aromatic nitrogens is 1. The largest absolute Gasteiger partial charge is 0.619 e. The Morgan fingerprint density at radius 1 is 1.09 bits per heavy atom. The number of pyridine rings is 1. The van der Waals surface area contributed by atoms with Crippen molar-refractivity contribution in [2.45, 2.75) is 12.3 Å². The molecule has 1 N–H and O–H groups in total. The van der Waals surface area contributed by atoms with Gasteiger partial charge in [-0.3, -0.25) is 10.1 Å². The Balaban J connectivity index is 1.31. The maximum Gasteiger partial charge on any atom is 0.407 e. The predicted octanol–water partition coefficient (Wildman–Crippen LogP) is 3.51. The maximum atomic E-state index is 12.1. The predicted molar refractivity (Wildman–Crippen MR) is 117 cm³/mol. The van der Waals surface area contributed by atoms with E-state index in [9.17, 15) is 20.1 Å². The molecule has 1 amide bonds. The van der Waals surface area contributed by atoms with E-state index >= 15 is 0 Å². The second-order valence-corrected chi connectivity index (χ2v) is 7.16. The zero-order valence-electron chi connectivity index (χ0n) is 17.0. The van der Waals surface area contributed by atoms with Crippen molar-refractivity contribution in [3.63, 3.8) is 0 Å². The molecule has 0 spiro atoms. The highest BCUT2D eigenvalue weighted by Gasteiger charge is 2.28. The molecule has 2 aromatic carbocycles. The van der Waals surface area contributed by atoms with Crippen LogP contribution < -0.4 is 10.0 Å². The normalized spacial score (nSPS) is 11.6. The van der Waals surface area contributed by atoms with Crippen molar-refractivity contribution in [3.8, 4) is 23.0 Å². The minimum absolute atomic E-state index is 0.0219. The van der Waals surface area contributed by atoms with Gasteiger partial charge < -0.3 is 15.3 Å². The highest BCUT2D eigenvalue weighted by atomic mass is 16.6. The van der Waals surface area contributed by atoms with Crippen LogP contribution in [0, 0.1) is 27.2 Å². The third-order valence-corrected chi connectivity index (χ3v) is 5.19. The van der Waals surface area contributed by atoms with Crippen LogP contribution in [0.4, 0.5) is 10.5 Å². The van der Waals surface area contributed by atoms with E-state index in [1.807, 2.05) is 36.4 Å². The maximum absolute atomic E-state index is 12.1. The van der Waals surface area contributed by atoms with E-state index < -0.39 is 11.0 Å². The summed E-state index contributed by atoms with van der Waals surface area (Å²) >= 11 is 0. The molecular weight excluding hydrogens is 410 g/mol. The fourth-order valence-electron chi connectivity index (χ4n) is 3.76. The lowest BCUT2D eigenvalue weighted by Gasteiger charge is -2.14. The molecule has 0 fully saturated rings. The second-order valence-electron chi connectivity index (χ2n) is 7.16. The summed E-state index contributed by atoms with van der Waals surface area (Å²) in [4.78, 5) is 22.5. The first-order valence-corrected chi connectivity index (χ1v) is 9.99. The molecule has 160 valence electrons. The Kier molecular flexibility index (Phi) is 5.99. The van der Waals surface area contributed by atoms with E-state index in [1.165, 1.54) is 0 Å². The Hall–Kier alpha value is -4.38. The van der Waals surface area contributed by atoms with E-state index in [1.54, 1.807) is 0 Å².